The zero-order valence-corrected chi connectivity index (χ0v) is 20.9. The van der Waals surface area contributed by atoms with Crippen LogP contribution in [0.15, 0.2) is 34.6 Å². The zero-order valence-electron chi connectivity index (χ0n) is 17.8. The van der Waals surface area contributed by atoms with E-state index in [4.69, 9.17) is 4.99 Å². The smallest absolute Gasteiger partial charge is 0.191 e. The Kier molecular flexibility index (Phi) is 10.4. The summed E-state index contributed by atoms with van der Waals surface area (Å²) in [5.41, 5.74) is 4.13. The zero-order chi connectivity index (χ0) is 19.8. The molecule has 0 radical (unpaired) electrons. The number of aliphatic imine (C=N–C) groups is 1. The molecule has 2 aromatic rings. The second kappa shape index (κ2) is 12.5. The number of nitrogens with zero attached hydrogens (tertiary/aromatic N) is 3. The van der Waals surface area contributed by atoms with Crippen molar-refractivity contribution in [3.8, 4) is 0 Å². The fraction of sp³-hybridized carbons (Fsp3) is 0.545. The molecule has 160 valence electrons. The summed E-state index contributed by atoms with van der Waals surface area (Å²) >= 11 is 1.71. The van der Waals surface area contributed by atoms with Crippen LogP contribution in [0.25, 0.3) is 0 Å². The first-order chi connectivity index (χ1) is 13.7. The Morgan fingerprint density at radius 3 is 2.72 bits per heavy atom. The number of aryl methyl sites for hydroxylation is 1. The molecular formula is C22H34IN5S. The molecule has 1 atom stereocenters. The van der Waals surface area contributed by atoms with Gasteiger partial charge in [-0.15, -0.1) is 35.3 Å². The number of nitrogens with one attached hydrogen (secondary N) is 2. The molecule has 0 bridgehead atoms. The van der Waals surface area contributed by atoms with Gasteiger partial charge in [-0.3, -0.25) is 9.89 Å². The van der Waals surface area contributed by atoms with Crippen molar-refractivity contribution in [1.82, 2.24) is 20.5 Å². The summed E-state index contributed by atoms with van der Waals surface area (Å²) in [4.78, 5) is 12.0. The van der Waals surface area contributed by atoms with Crippen LogP contribution in [0.4, 0.5) is 0 Å². The van der Waals surface area contributed by atoms with Crippen LogP contribution in [0.3, 0.4) is 0 Å². The van der Waals surface area contributed by atoms with Crippen molar-refractivity contribution in [2.75, 3.05) is 26.2 Å². The number of hydrogen-bond donors (Lipinski definition) is 2. The van der Waals surface area contributed by atoms with Crippen LogP contribution in [0, 0.1) is 6.92 Å². The molecule has 0 spiro atoms. The minimum Gasteiger partial charge on any atom is -0.357 e. The lowest BCUT2D eigenvalue weighted by atomic mass is 9.98. The molecule has 29 heavy (non-hydrogen) atoms. The summed E-state index contributed by atoms with van der Waals surface area (Å²) < 4.78 is 0. The molecular weight excluding hydrogens is 493 g/mol. The average Bonchev–Trinajstić information content (AvgIpc) is 3.13. The van der Waals surface area contributed by atoms with E-state index in [1.54, 1.807) is 11.3 Å². The fourth-order valence-corrected chi connectivity index (χ4v) is 4.35. The Morgan fingerprint density at radius 2 is 2.03 bits per heavy atom. The number of benzene rings is 1. The highest BCUT2D eigenvalue weighted by molar-refractivity contribution is 14.0. The Hall–Kier alpha value is -1.19. The van der Waals surface area contributed by atoms with E-state index >= 15 is 0 Å². The molecule has 1 aliphatic heterocycles. The molecule has 5 nitrogen and oxygen atoms in total. The van der Waals surface area contributed by atoms with Crippen molar-refractivity contribution < 1.29 is 0 Å². The number of fused-ring (bicyclic) bond motifs is 1. The van der Waals surface area contributed by atoms with E-state index in [1.165, 1.54) is 11.1 Å². The van der Waals surface area contributed by atoms with Crippen molar-refractivity contribution in [2.45, 2.75) is 52.6 Å². The van der Waals surface area contributed by atoms with Gasteiger partial charge in [-0.2, -0.15) is 0 Å². The van der Waals surface area contributed by atoms with E-state index in [-0.39, 0.29) is 24.0 Å². The van der Waals surface area contributed by atoms with Gasteiger partial charge in [-0.05, 0) is 37.8 Å². The molecule has 2 N–H and O–H groups in total. The van der Waals surface area contributed by atoms with Crippen molar-refractivity contribution in [2.24, 2.45) is 4.99 Å². The summed E-state index contributed by atoms with van der Waals surface area (Å²) in [5, 5.41) is 10.1. The monoisotopic (exact) mass is 527 g/mol. The molecule has 0 fully saturated rings. The maximum Gasteiger partial charge on any atom is 0.191 e. The predicted octanol–water partition coefficient (Wildman–Crippen LogP) is 4.00. The Labute approximate surface area is 196 Å². The molecule has 0 aliphatic carbocycles. The molecule has 1 aromatic carbocycles. The van der Waals surface area contributed by atoms with Crippen LogP contribution in [0.5, 0.6) is 0 Å². The van der Waals surface area contributed by atoms with E-state index in [1.807, 2.05) is 0 Å². The largest absolute Gasteiger partial charge is 0.357 e. The number of thiazole rings is 1. The highest BCUT2D eigenvalue weighted by atomic mass is 127. The van der Waals surface area contributed by atoms with E-state index in [9.17, 15) is 0 Å². The van der Waals surface area contributed by atoms with Crippen LogP contribution in [-0.4, -0.2) is 48.1 Å². The van der Waals surface area contributed by atoms with E-state index in [0.717, 1.165) is 68.6 Å². The standard InChI is InChI=1S/C22H33N5S.HI/c1-4-21(27-13-11-18-8-6-7-9-19(18)15-27)14-25-22(23-5-2)24-12-10-20-16-28-17(3)26-20;/h6-9,16,21H,4-5,10-15H2,1-3H3,(H2,23,24,25);1H. The summed E-state index contributed by atoms with van der Waals surface area (Å²) in [6.45, 7) is 11.1. The topological polar surface area (TPSA) is 52.6 Å². The SMILES string of the molecule is CCNC(=NCC(CC)N1CCc2ccccc2C1)NCCc1csc(C)n1.I. The van der Waals surface area contributed by atoms with Gasteiger partial charge >= 0.3 is 0 Å². The third-order valence-corrected chi connectivity index (χ3v) is 6.11. The number of rotatable bonds is 8. The predicted molar refractivity (Wildman–Crippen MR) is 135 cm³/mol. The number of halogens is 1. The fourth-order valence-electron chi connectivity index (χ4n) is 3.70. The second-order valence-corrected chi connectivity index (χ2v) is 8.37. The van der Waals surface area contributed by atoms with Gasteiger partial charge in [0.15, 0.2) is 5.96 Å². The van der Waals surface area contributed by atoms with Crippen LogP contribution in [0.1, 0.15) is 42.1 Å². The number of aromatic nitrogens is 1. The van der Waals surface area contributed by atoms with Crippen LogP contribution < -0.4 is 10.6 Å². The van der Waals surface area contributed by atoms with E-state index in [2.05, 4.69) is 70.9 Å². The highest BCUT2D eigenvalue weighted by Crippen LogP contribution is 2.21. The third kappa shape index (κ3) is 7.22. The Balaban J connectivity index is 0.00000300. The Bertz CT molecular complexity index is 776. The molecule has 0 saturated heterocycles. The Morgan fingerprint density at radius 1 is 1.24 bits per heavy atom. The molecule has 1 unspecified atom stereocenters. The van der Waals surface area contributed by atoms with Gasteiger partial charge < -0.3 is 10.6 Å². The molecule has 1 aromatic heterocycles. The lowest BCUT2D eigenvalue weighted by molar-refractivity contribution is 0.178. The third-order valence-electron chi connectivity index (χ3n) is 5.29. The van der Waals surface area contributed by atoms with Crippen LogP contribution in [-0.2, 0) is 19.4 Å². The lowest BCUT2D eigenvalue weighted by Crippen LogP contribution is -2.43. The first kappa shape index (κ1) is 24.1. The van der Waals surface area contributed by atoms with Gasteiger partial charge in [0.05, 0.1) is 17.2 Å². The second-order valence-electron chi connectivity index (χ2n) is 7.31. The van der Waals surface area contributed by atoms with Gasteiger partial charge in [-0.1, -0.05) is 31.2 Å². The molecule has 2 heterocycles. The first-order valence-corrected chi connectivity index (χ1v) is 11.3. The van der Waals surface area contributed by atoms with Gasteiger partial charge in [0.2, 0.25) is 0 Å². The van der Waals surface area contributed by atoms with Gasteiger partial charge in [-0.25, -0.2) is 4.98 Å². The lowest BCUT2D eigenvalue weighted by Gasteiger charge is -2.34. The van der Waals surface area contributed by atoms with Gasteiger partial charge in [0, 0.05) is 44.0 Å². The summed E-state index contributed by atoms with van der Waals surface area (Å²) in [6, 6.07) is 9.31. The average molecular weight is 528 g/mol. The highest BCUT2D eigenvalue weighted by Gasteiger charge is 2.22. The normalized spacial score (nSPS) is 15.3. The molecule has 0 amide bonds. The van der Waals surface area contributed by atoms with E-state index in [0.29, 0.717) is 6.04 Å². The maximum absolute atomic E-state index is 4.89. The molecule has 1 aliphatic rings. The minimum atomic E-state index is 0. The van der Waals surface area contributed by atoms with Crippen molar-refractivity contribution in [3.05, 3.63) is 51.5 Å². The maximum atomic E-state index is 4.89. The van der Waals surface area contributed by atoms with Crippen LogP contribution in [0.2, 0.25) is 0 Å². The van der Waals surface area contributed by atoms with Gasteiger partial charge in [0.1, 0.15) is 0 Å². The summed E-state index contributed by atoms with van der Waals surface area (Å²) in [7, 11) is 0. The molecule has 0 saturated carbocycles. The van der Waals surface area contributed by atoms with Crippen molar-refractivity contribution >= 4 is 41.3 Å². The molecule has 3 rings (SSSR count). The first-order valence-electron chi connectivity index (χ1n) is 10.4. The van der Waals surface area contributed by atoms with Gasteiger partial charge in [0.25, 0.3) is 0 Å². The summed E-state index contributed by atoms with van der Waals surface area (Å²) in [5.74, 6) is 0.908. The van der Waals surface area contributed by atoms with E-state index < -0.39 is 0 Å². The van der Waals surface area contributed by atoms with Crippen molar-refractivity contribution in [3.63, 3.8) is 0 Å². The number of guanidine groups is 1. The van der Waals surface area contributed by atoms with Crippen molar-refractivity contribution in [1.29, 1.82) is 0 Å². The number of hydrogen-bond acceptors (Lipinski definition) is 4. The van der Waals surface area contributed by atoms with Crippen LogP contribution >= 0.6 is 35.3 Å². The summed E-state index contributed by atoms with van der Waals surface area (Å²) in [6.07, 6.45) is 3.18. The quantitative estimate of drug-likeness (QED) is 0.310. The molecule has 7 heteroatoms. The minimum absolute atomic E-state index is 0.